The Hall–Kier alpha value is -4.65. The zero-order valence-corrected chi connectivity index (χ0v) is 20.9. The van der Waals surface area contributed by atoms with Gasteiger partial charge in [0.05, 0.1) is 43.9 Å². The number of hydrogen-bond donors (Lipinski definition) is 0. The molecule has 186 valence electrons. The Bertz CT molecular complexity index is 1430. The number of methoxy groups -OCH3 is 2. The normalized spacial score (nSPS) is 16.5. The summed E-state index contributed by atoms with van der Waals surface area (Å²) in [7, 11) is 3.18. The first-order valence-corrected chi connectivity index (χ1v) is 12.0. The van der Waals surface area contributed by atoms with Gasteiger partial charge >= 0.3 is 5.97 Å². The van der Waals surface area contributed by atoms with E-state index < -0.39 is 12.0 Å². The van der Waals surface area contributed by atoms with Gasteiger partial charge in [0.25, 0.3) is 0 Å². The first-order valence-electron chi connectivity index (χ1n) is 12.0. The van der Waals surface area contributed by atoms with Crippen LogP contribution in [-0.4, -0.2) is 43.4 Å². The van der Waals surface area contributed by atoms with Crippen LogP contribution in [0.1, 0.15) is 29.7 Å². The second-order valence-electron chi connectivity index (χ2n) is 8.36. The zero-order valence-electron chi connectivity index (χ0n) is 20.9. The fourth-order valence-electron chi connectivity index (χ4n) is 4.49. The lowest BCUT2D eigenvalue weighted by Gasteiger charge is -2.37. The molecule has 5 rings (SSSR count). The Morgan fingerprint density at radius 2 is 1.54 bits per heavy atom. The van der Waals surface area contributed by atoms with Gasteiger partial charge in [-0.05, 0) is 30.7 Å². The topological polar surface area (TPSA) is 72.7 Å². The molecule has 2 heterocycles. The fraction of sp³-hybridized carbons (Fsp3) is 0.167. The van der Waals surface area contributed by atoms with Crippen LogP contribution < -0.4 is 9.47 Å². The average Bonchev–Trinajstić information content (AvgIpc) is 2.96. The average molecular weight is 494 g/mol. The van der Waals surface area contributed by atoms with Gasteiger partial charge in [0.2, 0.25) is 5.96 Å². The number of benzene rings is 3. The number of carbonyl (C=O) groups is 1. The van der Waals surface area contributed by atoms with Crippen molar-refractivity contribution < 1.29 is 19.0 Å². The summed E-state index contributed by atoms with van der Waals surface area (Å²) in [5.41, 5.74) is 4.32. The van der Waals surface area contributed by atoms with E-state index in [2.05, 4.69) is 0 Å². The number of aliphatic imine (C=N–C) groups is 2. The van der Waals surface area contributed by atoms with Gasteiger partial charge < -0.3 is 19.1 Å². The highest BCUT2D eigenvalue weighted by Crippen LogP contribution is 2.43. The highest BCUT2D eigenvalue weighted by atomic mass is 16.5. The van der Waals surface area contributed by atoms with Gasteiger partial charge in [-0.3, -0.25) is 0 Å². The van der Waals surface area contributed by atoms with E-state index in [1.807, 2.05) is 96.0 Å². The SMILES string of the molecule is CCOC(=O)C1=C(c2ccccc2)N=C2N=C(c3ccccc3)C=CN2C1c1ccc(OC)c(OC)c1. The van der Waals surface area contributed by atoms with Crippen molar-refractivity contribution in [1.29, 1.82) is 0 Å². The van der Waals surface area contributed by atoms with Crippen LogP contribution in [0.5, 0.6) is 11.5 Å². The quantitative estimate of drug-likeness (QED) is 0.412. The Morgan fingerprint density at radius 3 is 2.19 bits per heavy atom. The molecular weight excluding hydrogens is 466 g/mol. The van der Waals surface area contributed by atoms with E-state index in [0.29, 0.717) is 28.7 Å². The maximum Gasteiger partial charge on any atom is 0.338 e. The Morgan fingerprint density at radius 1 is 0.865 bits per heavy atom. The van der Waals surface area contributed by atoms with Crippen LogP contribution in [-0.2, 0) is 9.53 Å². The van der Waals surface area contributed by atoms with Gasteiger partial charge in [-0.2, -0.15) is 0 Å². The largest absolute Gasteiger partial charge is 0.493 e. The summed E-state index contributed by atoms with van der Waals surface area (Å²) in [5.74, 6) is 1.20. The molecule has 3 aromatic rings. The molecule has 0 aliphatic carbocycles. The minimum Gasteiger partial charge on any atom is -0.493 e. The van der Waals surface area contributed by atoms with Crippen LogP contribution in [0.2, 0.25) is 0 Å². The molecule has 2 aliphatic heterocycles. The van der Waals surface area contributed by atoms with Crippen molar-refractivity contribution in [1.82, 2.24) is 4.90 Å². The zero-order chi connectivity index (χ0) is 25.8. The summed E-state index contributed by atoms with van der Waals surface area (Å²) < 4.78 is 16.6. The smallest absolute Gasteiger partial charge is 0.338 e. The van der Waals surface area contributed by atoms with Crippen LogP contribution in [0, 0.1) is 0 Å². The minimum atomic E-state index is -0.557. The number of carbonyl (C=O) groups excluding carboxylic acids is 1. The lowest BCUT2D eigenvalue weighted by atomic mass is 9.91. The van der Waals surface area contributed by atoms with Crippen molar-refractivity contribution in [2.75, 3.05) is 20.8 Å². The Labute approximate surface area is 216 Å². The molecule has 2 aliphatic rings. The molecule has 7 nitrogen and oxygen atoms in total. The van der Waals surface area contributed by atoms with Gasteiger partial charge in [-0.15, -0.1) is 0 Å². The number of fused-ring (bicyclic) bond motifs is 1. The van der Waals surface area contributed by atoms with Crippen LogP contribution in [0.25, 0.3) is 5.70 Å². The fourth-order valence-corrected chi connectivity index (χ4v) is 4.49. The number of allylic oxidation sites excluding steroid dienone is 1. The molecule has 3 aromatic carbocycles. The van der Waals surface area contributed by atoms with Crippen molar-refractivity contribution in [2.45, 2.75) is 13.0 Å². The van der Waals surface area contributed by atoms with Gasteiger partial charge in [-0.1, -0.05) is 66.7 Å². The second kappa shape index (κ2) is 10.5. The van der Waals surface area contributed by atoms with E-state index in [9.17, 15) is 4.79 Å². The molecule has 0 spiro atoms. The summed E-state index contributed by atoms with van der Waals surface area (Å²) >= 11 is 0. The van der Waals surface area contributed by atoms with E-state index in [1.165, 1.54) is 0 Å². The monoisotopic (exact) mass is 493 g/mol. The molecule has 0 fully saturated rings. The maximum absolute atomic E-state index is 13.5. The molecule has 0 amide bonds. The molecule has 0 saturated carbocycles. The molecule has 1 atom stereocenters. The number of rotatable bonds is 7. The molecule has 0 radical (unpaired) electrons. The summed E-state index contributed by atoms with van der Waals surface area (Å²) in [5, 5.41) is 0. The summed E-state index contributed by atoms with van der Waals surface area (Å²) in [6, 6.07) is 24.6. The van der Waals surface area contributed by atoms with Crippen LogP contribution in [0.3, 0.4) is 0 Å². The number of nitrogens with zero attached hydrogens (tertiary/aromatic N) is 3. The third-order valence-electron chi connectivity index (χ3n) is 6.20. The number of hydrogen-bond acceptors (Lipinski definition) is 7. The molecule has 0 N–H and O–H groups in total. The first kappa shape index (κ1) is 24.1. The molecule has 1 unspecified atom stereocenters. The van der Waals surface area contributed by atoms with Gasteiger partial charge in [-0.25, -0.2) is 14.8 Å². The third-order valence-corrected chi connectivity index (χ3v) is 6.20. The summed E-state index contributed by atoms with van der Waals surface area (Å²) in [4.78, 5) is 25.2. The van der Waals surface area contributed by atoms with Crippen LogP contribution in [0.4, 0.5) is 0 Å². The van der Waals surface area contributed by atoms with Crippen molar-refractivity contribution in [3.05, 3.63) is 113 Å². The predicted octanol–water partition coefficient (Wildman–Crippen LogP) is 5.41. The molecular formula is C30H27N3O4. The molecule has 0 aromatic heterocycles. The number of ether oxygens (including phenoxy) is 3. The van der Waals surface area contributed by atoms with E-state index in [1.54, 1.807) is 21.1 Å². The molecule has 0 bridgehead atoms. The van der Waals surface area contributed by atoms with E-state index >= 15 is 0 Å². The van der Waals surface area contributed by atoms with Gasteiger partial charge in [0.15, 0.2) is 11.5 Å². The van der Waals surface area contributed by atoms with Gasteiger partial charge in [0.1, 0.15) is 0 Å². The van der Waals surface area contributed by atoms with E-state index in [0.717, 1.165) is 22.4 Å². The Kier molecular flexibility index (Phi) is 6.85. The molecule has 37 heavy (non-hydrogen) atoms. The standard InChI is InChI=1S/C30H27N3O4/c1-4-37-29(34)26-27(21-13-9-6-10-14-21)32-30-31-23(20-11-7-5-8-12-20)17-18-33(30)28(26)22-15-16-24(35-2)25(19-22)36-3/h5-19,28H,4H2,1-3H3. The predicted molar refractivity (Wildman–Crippen MR) is 144 cm³/mol. The highest BCUT2D eigenvalue weighted by molar-refractivity contribution is 6.17. The summed E-state index contributed by atoms with van der Waals surface area (Å²) in [6.07, 6.45) is 3.84. The highest BCUT2D eigenvalue weighted by Gasteiger charge is 2.39. The van der Waals surface area contributed by atoms with Crippen molar-refractivity contribution in [2.24, 2.45) is 9.98 Å². The first-order chi connectivity index (χ1) is 18.1. The van der Waals surface area contributed by atoms with E-state index in [-0.39, 0.29) is 6.61 Å². The molecule has 7 heteroatoms. The second-order valence-corrected chi connectivity index (χ2v) is 8.36. The van der Waals surface area contributed by atoms with Crippen molar-refractivity contribution in [3.63, 3.8) is 0 Å². The molecule has 0 saturated heterocycles. The van der Waals surface area contributed by atoms with Crippen molar-refractivity contribution >= 4 is 23.3 Å². The number of guanidine groups is 1. The lowest BCUT2D eigenvalue weighted by Crippen LogP contribution is -2.38. The summed E-state index contributed by atoms with van der Waals surface area (Å²) in [6.45, 7) is 2.03. The third kappa shape index (κ3) is 4.63. The maximum atomic E-state index is 13.5. The van der Waals surface area contributed by atoms with Gasteiger partial charge in [0, 0.05) is 17.3 Å². The Balaban J connectivity index is 1.74. The minimum absolute atomic E-state index is 0.242. The van der Waals surface area contributed by atoms with Crippen LogP contribution in [0.15, 0.2) is 107 Å². The van der Waals surface area contributed by atoms with Crippen LogP contribution >= 0.6 is 0 Å². The number of esters is 1. The van der Waals surface area contributed by atoms with E-state index in [4.69, 9.17) is 24.2 Å². The van der Waals surface area contributed by atoms with Crippen molar-refractivity contribution in [3.8, 4) is 11.5 Å². The lowest BCUT2D eigenvalue weighted by molar-refractivity contribution is -0.139.